The normalized spacial score (nSPS) is 22.9. The van der Waals surface area contributed by atoms with E-state index in [-0.39, 0.29) is 5.60 Å². The Balaban J connectivity index is 1.89. The van der Waals surface area contributed by atoms with Crippen LogP contribution in [-0.4, -0.2) is 36.8 Å². The van der Waals surface area contributed by atoms with Crippen LogP contribution in [0.3, 0.4) is 0 Å². The Morgan fingerprint density at radius 1 is 1.43 bits per heavy atom. The molecule has 1 heterocycles. The largest absolute Gasteiger partial charge is 0.375 e. The van der Waals surface area contributed by atoms with Gasteiger partial charge in [-0.2, -0.15) is 11.8 Å². The fraction of sp³-hybridized carbons (Fsp3) is 1.00. The van der Waals surface area contributed by atoms with Crippen LogP contribution >= 0.6 is 11.8 Å². The summed E-state index contributed by atoms with van der Waals surface area (Å²) in [6.07, 6.45) is 1.39. The Morgan fingerprint density at radius 2 is 2.21 bits per heavy atom. The van der Waals surface area contributed by atoms with Crippen molar-refractivity contribution in [3.05, 3.63) is 0 Å². The van der Waals surface area contributed by atoms with Crippen molar-refractivity contribution in [3.8, 4) is 0 Å². The average molecular weight is 217 g/mol. The van der Waals surface area contributed by atoms with Gasteiger partial charge in [0.15, 0.2) is 0 Å². The average Bonchev–Trinajstić information content (AvgIpc) is 2.54. The summed E-state index contributed by atoms with van der Waals surface area (Å²) in [5, 5.41) is 3.46. The lowest BCUT2D eigenvalue weighted by Crippen LogP contribution is -2.29. The molecule has 1 aliphatic rings. The molecular formula is C11H23NOS. The van der Waals surface area contributed by atoms with E-state index in [4.69, 9.17) is 4.74 Å². The predicted molar refractivity (Wildman–Crippen MR) is 64.0 cm³/mol. The first-order valence-corrected chi connectivity index (χ1v) is 6.66. The van der Waals surface area contributed by atoms with Crippen LogP contribution in [0.25, 0.3) is 0 Å². The zero-order valence-electron chi connectivity index (χ0n) is 9.64. The van der Waals surface area contributed by atoms with Crippen LogP contribution in [0.4, 0.5) is 0 Å². The zero-order chi connectivity index (χ0) is 10.4. The Bertz CT molecular complexity index is 150. The lowest BCUT2D eigenvalue weighted by Gasteiger charge is -2.20. The summed E-state index contributed by atoms with van der Waals surface area (Å²) in [6.45, 7) is 9.27. The number of ether oxygens (including phenoxy) is 1. The molecule has 1 fully saturated rings. The van der Waals surface area contributed by atoms with Gasteiger partial charge in [0.25, 0.3) is 0 Å². The molecule has 0 aromatic carbocycles. The van der Waals surface area contributed by atoms with Crippen LogP contribution in [0.5, 0.6) is 0 Å². The number of rotatable bonds is 5. The van der Waals surface area contributed by atoms with Gasteiger partial charge in [0.2, 0.25) is 0 Å². The van der Waals surface area contributed by atoms with Crippen molar-refractivity contribution in [2.45, 2.75) is 32.8 Å². The Labute approximate surface area is 92.2 Å². The first-order valence-electron chi connectivity index (χ1n) is 5.50. The molecule has 0 bridgehead atoms. The van der Waals surface area contributed by atoms with Gasteiger partial charge in [0, 0.05) is 6.54 Å². The molecule has 0 aromatic heterocycles. The highest BCUT2D eigenvalue weighted by Gasteiger charge is 2.14. The fourth-order valence-corrected chi connectivity index (χ4v) is 2.76. The van der Waals surface area contributed by atoms with Gasteiger partial charge in [0.05, 0.1) is 12.2 Å². The monoisotopic (exact) mass is 217 g/mol. The predicted octanol–water partition coefficient (Wildman–Crippen LogP) is 2.14. The number of nitrogens with one attached hydrogen (secondary N) is 1. The van der Waals surface area contributed by atoms with E-state index in [1.165, 1.54) is 24.5 Å². The molecule has 2 nitrogen and oxygen atoms in total. The second kappa shape index (κ2) is 5.99. The molecule has 1 rings (SSSR count). The molecular weight excluding hydrogens is 194 g/mol. The van der Waals surface area contributed by atoms with Gasteiger partial charge in [-0.05, 0) is 51.2 Å². The molecule has 14 heavy (non-hydrogen) atoms. The van der Waals surface area contributed by atoms with Gasteiger partial charge in [-0.15, -0.1) is 0 Å². The fourth-order valence-electron chi connectivity index (χ4n) is 1.48. The molecule has 0 radical (unpaired) electrons. The molecule has 3 heteroatoms. The lowest BCUT2D eigenvalue weighted by molar-refractivity contribution is -0.000942. The first kappa shape index (κ1) is 12.3. The van der Waals surface area contributed by atoms with E-state index < -0.39 is 0 Å². The van der Waals surface area contributed by atoms with Crippen molar-refractivity contribution in [2.24, 2.45) is 5.92 Å². The van der Waals surface area contributed by atoms with E-state index >= 15 is 0 Å². The van der Waals surface area contributed by atoms with Crippen LogP contribution in [0.2, 0.25) is 0 Å². The van der Waals surface area contributed by atoms with Crippen LogP contribution in [0.15, 0.2) is 0 Å². The van der Waals surface area contributed by atoms with E-state index in [0.29, 0.717) is 0 Å². The van der Waals surface area contributed by atoms with Crippen molar-refractivity contribution >= 4 is 11.8 Å². The summed E-state index contributed by atoms with van der Waals surface area (Å²) >= 11 is 2.08. The highest BCUT2D eigenvalue weighted by molar-refractivity contribution is 7.99. The highest BCUT2D eigenvalue weighted by atomic mass is 32.2. The van der Waals surface area contributed by atoms with E-state index in [0.717, 1.165) is 19.1 Å². The minimum atomic E-state index is 0.00485. The third kappa shape index (κ3) is 5.89. The smallest absolute Gasteiger partial charge is 0.0599 e. The van der Waals surface area contributed by atoms with Crippen molar-refractivity contribution in [1.82, 2.24) is 5.32 Å². The third-order valence-corrected chi connectivity index (χ3v) is 3.50. The molecule has 84 valence electrons. The van der Waals surface area contributed by atoms with Gasteiger partial charge in [0.1, 0.15) is 0 Å². The van der Waals surface area contributed by atoms with Gasteiger partial charge in [-0.3, -0.25) is 0 Å². The number of thioether (sulfide) groups is 1. The van der Waals surface area contributed by atoms with Gasteiger partial charge < -0.3 is 10.1 Å². The van der Waals surface area contributed by atoms with Crippen molar-refractivity contribution in [3.63, 3.8) is 0 Å². The highest BCUT2D eigenvalue weighted by Crippen LogP contribution is 2.22. The number of hydrogen-bond donors (Lipinski definition) is 1. The molecule has 0 aromatic rings. The summed E-state index contributed by atoms with van der Waals surface area (Å²) in [7, 11) is 0. The molecule has 0 amide bonds. The molecule has 0 spiro atoms. The maximum absolute atomic E-state index is 5.63. The van der Waals surface area contributed by atoms with Crippen LogP contribution in [-0.2, 0) is 4.74 Å². The summed E-state index contributed by atoms with van der Waals surface area (Å²) in [5.41, 5.74) is 0.00485. The summed E-state index contributed by atoms with van der Waals surface area (Å²) in [4.78, 5) is 0. The maximum Gasteiger partial charge on any atom is 0.0599 e. The lowest BCUT2D eigenvalue weighted by atomic mass is 10.1. The standard InChI is InChI=1S/C11H23NOS/c1-11(2,3)13-6-5-12-8-10-4-7-14-9-10/h10,12H,4-9H2,1-3H3. The van der Waals surface area contributed by atoms with Crippen LogP contribution in [0.1, 0.15) is 27.2 Å². The summed E-state index contributed by atoms with van der Waals surface area (Å²) in [6, 6.07) is 0. The molecule has 1 saturated heterocycles. The second-order valence-corrected chi connectivity index (χ2v) is 6.04. The molecule has 0 aliphatic carbocycles. The quantitative estimate of drug-likeness (QED) is 0.713. The van der Waals surface area contributed by atoms with Crippen LogP contribution < -0.4 is 5.32 Å². The Hall–Kier alpha value is 0.270. The Kier molecular flexibility index (Phi) is 5.28. The summed E-state index contributed by atoms with van der Waals surface area (Å²) < 4.78 is 5.63. The van der Waals surface area contributed by atoms with E-state index in [2.05, 4.69) is 37.8 Å². The van der Waals surface area contributed by atoms with Crippen molar-refractivity contribution in [1.29, 1.82) is 0 Å². The Morgan fingerprint density at radius 3 is 2.79 bits per heavy atom. The topological polar surface area (TPSA) is 21.3 Å². The van der Waals surface area contributed by atoms with Crippen molar-refractivity contribution < 1.29 is 4.74 Å². The molecule has 1 atom stereocenters. The van der Waals surface area contributed by atoms with E-state index in [1.807, 2.05) is 0 Å². The SMILES string of the molecule is CC(C)(C)OCCNCC1CCSC1. The van der Waals surface area contributed by atoms with Gasteiger partial charge in [-0.1, -0.05) is 0 Å². The number of hydrogen-bond acceptors (Lipinski definition) is 3. The third-order valence-electron chi connectivity index (χ3n) is 2.27. The minimum Gasteiger partial charge on any atom is -0.375 e. The zero-order valence-corrected chi connectivity index (χ0v) is 10.5. The van der Waals surface area contributed by atoms with Crippen LogP contribution in [0, 0.1) is 5.92 Å². The van der Waals surface area contributed by atoms with E-state index in [9.17, 15) is 0 Å². The molecule has 1 unspecified atom stereocenters. The summed E-state index contributed by atoms with van der Waals surface area (Å²) in [5.74, 6) is 3.59. The van der Waals surface area contributed by atoms with Gasteiger partial charge in [-0.25, -0.2) is 0 Å². The van der Waals surface area contributed by atoms with Crippen molar-refractivity contribution in [2.75, 3.05) is 31.2 Å². The first-order chi connectivity index (χ1) is 6.58. The minimum absolute atomic E-state index is 0.00485. The molecule has 1 aliphatic heterocycles. The van der Waals surface area contributed by atoms with E-state index in [1.54, 1.807) is 0 Å². The second-order valence-electron chi connectivity index (χ2n) is 4.89. The maximum atomic E-state index is 5.63. The molecule has 1 N–H and O–H groups in total. The molecule has 0 saturated carbocycles. The van der Waals surface area contributed by atoms with Gasteiger partial charge >= 0.3 is 0 Å².